The molecule has 0 saturated carbocycles. The van der Waals surface area contributed by atoms with Gasteiger partial charge >= 0.3 is 0 Å². The average molecular weight is 369 g/mol. The monoisotopic (exact) mass is 369 g/mol. The summed E-state index contributed by atoms with van der Waals surface area (Å²) in [7, 11) is 4.00. The van der Waals surface area contributed by atoms with Crippen LogP contribution in [0.5, 0.6) is 0 Å². The van der Waals surface area contributed by atoms with Crippen molar-refractivity contribution in [1.29, 1.82) is 0 Å². The number of hydrogen-bond acceptors (Lipinski definition) is 6. The predicted molar refractivity (Wildman–Crippen MR) is 104 cm³/mol. The van der Waals surface area contributed by atoms with Crippen LogP contribution in [0.25, 0.3) is 0 Å². The minimum absolute atomic E-state index is 0.0792. The van der Waals surface area contributed by atoms with Gasteiger partial charge in [0.25, 0.3) is 5.91 Å². The molecule has 0 bridgehead atoms. The molecule has 2 aliphatic rings. The van der Waals surface area contributed by atoms with Crippen LogP contribution in [-0.4, -0.2) is 54.5 Å². The number of anilines is 2. The largest absolute Gasteiger partial charge is 0.459 e. The van der Waals surface area contributed by atoms with E-state index in [1.54, 1.807) is 12.1 Å². The van der Waals surface area contributed by atoms with E-state index in [4.69, 9.17) is 14.4 Å². The molecule has 144 valence electrons. The van der Waals surface area contributed by atoms with Gasteiger partial charge in [-0.1, -0.05) is 6.92 Å². The third kappa shape index (κ3) is 3.50. The zero-order chi connectivity index (χ0) is 19.0. The van der Waals surface area contributed by atoms with Crippen molar-refractivity contribution in [3.8, 4) is 0 Å². The molecule has 1 fully saturated rings. The lowest BCUT2D eigenvalue weighted by molar-refractivity contribution is 0.0701. The van der Waals surface area contributed by atoms with Crippen LogP contribution in [0.2, 0.25) is 0 Å². The van der Waals surface area contributed by atoms with E-state index in [9.17, 15) is 4.79 Å². The molecular formula is C20H27N5O2. The lowest BCUT2D eigenvalue weighted by Crippen LogP contribution is -2.39. The van der Waals surface area contributed by atoms with E-state index in [1.807, 2.05) is 23.9 Å². The first-order valence-electron chi connectivity index (χ1n) is 9.67. The van der Waals surface area contributed by atoms with Gasteiger partial charge in [0.2, 0.25) is 5.95 Å². The quantitative estimate of drug-likeness (QED) is 0.828. The number of piperidine rings is 1. The number of rotatable bonds is 3. The molecule has 4 rings (SSSR count). The second-order valence-corrected chi connectivity index (χ2v) is 7.79. The topological polar surface area (TPSA) is 65.7 Å². The van der Waals surface area contributed by atoms with Crippen LogP contribution in [0, 0.1) is 5.92 Å². The normalized spacial score (nSPS) is 17.7. The first kappa shape index (κ1) is 17.8. The number of fused-ring (bicyclic) bond motifs is 1. The van der Waals surface area contributed by atoms with E-state index in [-0.39, 0.29) is 5.91 Å². The Morgan fingerprint density at radius 2 is 2.00 bits per heavy atom. The Hall–Kier alpha value is -2.57. The fourth-order valence-corrected chi connectivity index (χ4v) is 3.83. The molecule has 0 aromatic carbocycles. The Labute approximate surface area is 160 Å². The summed E-state index contributed by atoms with van der Waals surface area (Å²) in [5.41, 5.74) is 2.10. The highest BCUT2D eigenvalue weighted by molar-refractivity contribution is 5.91. The van der Waals surface area contributed by atoms with Crippen molar-refractivity contribution in [3.63, 3.8) is 0 Å². The lowest BCUT2D eigenvalue weighted by atomic mass is 9.99. The highest BCUT2D eigenvalue weighted by atomic mass is 16.3. The van der Waals surface area contributed by atoms with E-state index < -0.39 is 0 Å². The highest BCUT2D eigenvalue weighted by Gasteiger charge is 2.29. The minimum atomic E-state index is -0.0792. The van der Waals surface area contributed by atoms with E-state index >= 15 is 0 Å². The molecule has 0 radical (unpaired) electrons. The second kappa shape index (κ2) is 7.21. The predicted octanol–water partition coefficient (Wildman–Crippen LogP) is 2.57. The summed E-state index contributed by atoms with van der Waals surface area (Å²) >= 11 is 0. The maximum absolute atomic E-state index is 12.7. The molecule has 2 aliphatic heterocycles. The molecule has 0 N–H and O–H groups in total. The molecule has 2 aromatic heterocycles. The minimum Gasteiger partial charge on any atom is -0.459 e. The Bertz CT molecular complexity index is 810. The van der Waals surface area contributed by atoms with E-state index in [2.05, 4.69) is 11.8 Å². The van der Waals surface area contributed by atoms with Crippen molar-refractivity contribution < 1.29 is 9.21 Å². The third-order valence-corrected chi connectivity index (χ3v) is 5.54. The smallest absolute Gasteiger partial charge is 0.289 e. The molecule has 7 heteroatoms. The van der Waals surface area contributed by atoms with Crippen molar-refractivity contribution in [3.05, 3.63) is 35.4 Å². The Morgan fingerprint density at radius 3 is 2.67 bits per heavy atom. The molecule has 2 aromatic rings. The Morgan fingerprint density at radius 1 is 1.22 bits per heavy atom. The Kier molecular flexibility index (Phi) is 4.76. The molecular weight excluding hydrogens is 342 g/mol. The first-order chi connectivity index (χ1) is 13.0. The zero-order valence-electron chi connectivity index (χ0n) is 16.3. The lowest BCUT2D eigenvalue weighted by Gasteiger charge is -2.34. The summed E-state index contributed by atoms with van der Waals surface area (Å²) in [6.07, 6.45) is 4.64. The molecule has 0 atom stereocenters. The van der Waals surface area contributed by atoms with Gasteiger partial charge in [-0.3, -0.25) is 4.79 Å². The van der Waals surface area contributed by atoms with Gasteiger partial charge in [-0.05, 0) is 30.9 Å². The van der Waals surface area contributed by atoms with Crippen LogP contribution in [0.15, 0.2) is 22.8 Å². The second-order valence-electron chi connectivity index (χ2n) is 7.79. The molecule has 0 spiro atoms. The first-order valence-corrected chi connectivity index (χ1v) is 9.67. The van der Waals surface area contributed by atoms with Crippen molar-refractivity contribution in [1.82, 2.24) is 14.9 Å². The van der Waals surface area contributed by atoms with Gasteiger partial charge in [-0.2, -0.15) is 4.98 Å². The fourth-order valence-electron chi connectivity index (χ4n) is 3.83. The van der Waals surface area contributed by atoms with E-state index in [0.29, 0.717) is 18.8 Å². The van der Waals surface area contributed by atoms with Gasteiger partial charge in [0, 0.05) is 45.7 Å². The molecule has 27 heavy (non-hydrogen) atoms. The molecule has 7 nitrogen and oxygen atoms in total. The van der Waals surface area contributed by atoms with Crippen molar-refractivity contribution >= 4 is 17.7 Å². The molecule has 1 saturated heterocycles. The van der Waals surface area contributed by atoms with Gasteiger partial charge in [0.15, 0.2) is 5.76 Å². The van der Waals surface area contributed by atoms with Gasteiger partial charge in [-0.15, -0.1) is 0 Å². The van der Waals surface area contributed by atoms with Gasteiger partial charge < -0.3 is 19.1 Å². The van der Waals surface area contributed by atoms with Crippen molar-refractivity contribution in [2.24, 2.45) is 5.92 Å². The number of nitrogens with zero attached hydrogens (tertiary/aromatic N) is 5. The summed E-state index contributed by atoms with van der Waals surface area (Å²) in [6.45, 7) is 5.49. The van der Waals surface area contributed by atoms with Crippen LogP contribution in [0.1, 0.15) is 41.6 Å². The van der Waals surface area contributed by atoms with Crippen molar-refractivity contribution in [2.75, 3.05) is 43.5 Å². The zero-order valence-corrected chi connectivity index (χ0v) is 16.3. The van der Waals surface area contributed by atoms with E-state index in [0.717, 1.165) is 48.5 Å². The Balaban J connectivity index is 1.62. The summed E-state index contributed by atoms with van der Waals surface area (Å²) in [4.78, 5) is 28.6. The van der Waals surface area contributed by atoms with E-state index in [1.165, 1.54) is 19.1 Å². The van der Waals surface area contributed by atoms with Crippen LogP contribution in [0.4, 0.5) is 11.8 Å². The standard InChI is InChI=1S/C20H27N5O2/c1-14-6-9-24(10-7-14)20-21-16-8-11-25(19(26)17-5-4-12-27-17)13-15(16)18(22-20)23(2)3/h4-5,12,14H,6-11,13H2,1-3H3. The number of carbonyl (C=O) groups is 1. The van der Waals surface area contributed by atoms with Crippen molar-refractivity contribution in [2.45, 2.75) is 32.7 Å². The van der Waals surface area contributed by atoms with Crippen LogP contribution in [-0.2, 0) is 13.0 Å². The molecule has 0 aliphatic carbocycles. The average Bonchev–Trinajstić information content (AvgIpc) is 3.21. The summed E-state index contributed by atoms with van der Waals surface area (Å²) in [5.74, 6) is 2.81. The molecule has 4 heterocycles. The maximum Gasteiger partial charge on any atom is 0.289 e. The third-order valence-electron chi connectivity index (χ3n) is 5.54. The van der Waals surface area contributed by atoms with Crippen LogP contribution in [0.3, 0.4) is 0 Å². The number of carbonyl (C=O) groups excluding carboxylic acids is 1. The summed E-state index contributed by atoms with van der Waals surface area (Å²) < 4.78 is 5.28. The van der Waals surface area contributed by atoms with Gasteiger partial charge in [0.05, 0.1) is 18.5 Å². The SMILES string of the molecule is CC1CCN(c2nc3c(c(N(C)C)n2)CN(C(=O)c2ccco2)CC3)CC1. The number of aromatic nitrogens is 2. The highest BCUT2D eigenvalue weighted by Crippen LogP contribution is 2.30. The maximum atomic E-state index is 12.7. The number of hydrogen-bond donors (Lipinski definition) is 0. The van der Waals surface area contributed by atoms with Crippen LogP contribution < -0.4 is 9.80 Å². The van der Waals surface area contributed by atoms with Gasteiger partial charge in [-0.25, -0.2) is 4.98 Å². The molecule has 1 amide bonds. The van der Waals surface area contributed by atoms with Crippen LogP contribution >= 0.6 is 0 Å². The van der Waals surface area contributed by atoms with Gasteiger partial charge in [0.1, 0.15) is 5.82 Å². The fraction of sp³-hybridized carbons (Fsp3) is 0.550. The summed E-state index contributed by atoms with van der Waals surface area (Å²) in [5, 5.41) is 0. The summed E-state index contributed by atoms with van der Waals surface area (Å²) in [6, 6.07) is 3.45. The number of furan rings is 1. The molecule has 0 unspecified atom stereocenters. The number of amides is 1.